The van der Waals surface area contributed by atoms with Gasteiger partial charge in [0.1, 0.15) is 12.3 Å². The molecular weight excluding hydrogens is 92.8 g/mol. The Morgan fingerprint density at radius 3 is 2.86 bits per heavy atom. The van der Waals surface area contributed by atoms with Crippen molar-refractivity contribution < 1.29 is 9.63 Å². The van der Waals surface area contributed by atoms with Crippen LogP contribution < -0.4 is 0 Å². The summed E-state index contributed by atoms with van der Waals surface area (Å²) in [4.78, 5) is 16.3. The van der Waals surface area contributed by atoms with Crippen LogP contribution in [0.1, 0.15) is 0 Å². The third kappa shape index (κ3) is 1.01. The molecule has 0 bridgehead atoms. The molecule has 0 aromatic carbocycles. The van der Waals surface area contributed by atoms with Crippen LogP contribution in [0.2, 0.25) is 0 Å². The van der Waals surface area contributed by atoms with Gasteiger partial charge in [-0.15, -0.1) is 0 Å². The molecule has 0 atom stereocenters. The van der Waals surface area contributed by atoms with Crippen molar-refractivity contribution in [2.24, 2.45) is 0 Å². The summed E-state index contributed by atoms with van der Waals surface area (Å²) in [5.41, 5.74) is 0.0301. The Kier molecular flexibility index (Phi) is 1.12. The van der Waals surface area contributed by atoms with Crippen LogP contribution in [0.25, 0.3) is 0 Å². The molecule has 1 heterocycles. The molecule has 37 valence electrons. The third-order valence-electron chi connectivity index (χ3n) is 0.736. The number of nitrogens with zero attached hydrogens (tertiary/aromatic N) is 1. The Balaban J connectivity index is 2.40. The second kappa shape index (κ2) is 1.64. The summed E-state index contributed by atoms with van der Waals surface area (Å²) in [6.45, 7) is 0.205. The molecule has 1 saturated heterocycles. The lowest BCUT2D eigenvalue weighted by Crippen LogP contribution is -2.16. The van der Waals surface area contributed by atoms with Crippen molar-refractivity contribution in [1.82, 2.24) is 4.97 Å². The van der Waals surface area contributed by atoms with Gasteiger partial charge in [-0.1, -0.05) is 0 Å². The van der Waals surface area contributed by atoms with E-state index in [4.69, 9.17) is 4.84 Å². The first-order valence-corrected chi connectivity index (χ1v) is 2.02. The van der Waals surface area contributed by atoms with Gasteiger partial charge in [0.15, 0.2) is 0 Å². The minimum absolute atomic E-state index is 0.0301. The van der Waals surface area contributed by atoms with Crippen molar-refractivity contribution >= 4 is 13.1 Å². The number of carbonyl (C=O) groups excluding carboxylic acids is 1. The fourth-order valence-corrected chi connectivity index (χ4v) is 0.443. The molecule has 4 heteroatoms. The molecule has 0 aromatic heterocycles. The first-order valence-electron chi connectivity index (χ1n) is 2.02. The Bertz CT molecular complexity index is 94.9. The lowest BCUT2D eigenvalue weighted by Gasteiger charge is -1.99. The zero-order chi connectivity index (χ0) is 5.28. The van der Waals surface area contributed by atoms with E-state index in [-0.39, 0.29) is 12.3 Å². The minimum Gasteiger partial charge on any atom is -0.307 e. The van der Waals surface area contributed by atoms with E-state index in [9.17, 15) is 4.79 Å². The van der Waals surface area contributed by atoms with Gasteiger partial charge in [-0.25, -0.2) is 4.97 Å². The van der Waals surface area contributed by atoms with Crippen LogP contribution in [0.4, 0.5) is 0 Å². The normalized spacial score (nSPS) is 22.7. The predicted octanol–water partition coefficient (Wildman–Crippen LogP) is -0.991. The molecule has 1 aliphatic heterocycles. The highest BCUT2D eigenvalue weighted by molar-refractivity contribution is 6.72. The van der Waals surface area contributed by atoms with Crippen LogP contribution in [0.5, 0.6) is 0 Å². The minimum atomic E-state index is 0.0301. The largest absolute Gasteiger partial charge is 0.334 e. The van der Waals surface area contributed by atoms with Crippen LogP contribution in [0, 0.1) is 0 Å². The topological polar surface area (TPSA) is 29.5 Å². The molecule has 7 heavy (non-hydrogen) atoms. The summed E-state index contributed by atoms with van der Waals surface area (Å²) >= 11 is 0. The van der Waals surface area contributed by atoms with Gasteiger partial charge in [-0.3, -0.25) is 0 Å². The lowest BCUT2D eigenvalue weighted by molar-refractivity contribution is -0.117. The average Bonchev–Trinajstić information content (AvgIpc) is 1.87. The highest BCUT2D eigenvalue weighted by Gasteiger charge is 2.18. The molecule has 0 saturated carbocycles. The van der Waals surface area contributed by atoms with Crippen LogP contribution in [0.15, 0.2) is 0 Å². The average molecular weight is 97.9 g/mol. The van der Waals surface area contributed by atoms with E-state index in [0.29, 0.717) is 0 Å². The van der Waals surface area contributed by atoms with Gasteiger partial charge in [-0.05, 0) is 7.05 Å². The van der Waals surface area contributed by atoms with Crippen LogP contribution in [0.3, 0.4) is 0 Å². The van der Waals surface area contributed by atoms with Gasteiger partial charge < -0.3 is 9.63 Å². The summed E-state index contributed by atoms with van der Waals surface area (Å²) < 4.78 is 0. The third-order valence-corrected chi connectivity index (χ3v) is 0.736. The van der Waals surface area contributed by atoms with E-state index in [1.165, 1.54) is 12.4 Å². The lowest BCUT2D eigenvalue weighted by atomic mass is 9.90. The molecule has 1 fully saturated rings. The van der Waals surface area contributed by atoms with Crippen molar-refractivity contribution in [3.05, 3.63) is 0 Å². The summed E-state index contributed by atoms with van der Waals surface area (Å²) in [6, 6.07) is 0. The van der Waals surface area contributed by atoms with E-state index in [0.717, 1.165) is 0 Å². The van der Waals surface area contributed by atoms with Crippen LogP contribution in [-0.2, 0) is 9.63 Å². The maximum Gasteiger partial charge on any atom is 0.334 e. The Morgan fingerprint density at radius 2 is 2.71 bits per heavy atom. The highest BCUT2D eigenvalue weighted by Crippen LogP contribution is 1.91. The molecule has 0 amide bonds. The SMILES string of the molecule is CN1[B]C(=O)CO1. The van der Waals surface area contributed by atoms with E-state index in [1.54, 1.807) is 7.05 Å². The second-order valence-electron chi connectivity index (χ2n) is 1.42. The van der Waals surface area contributed by atoms with Gasteiger partial charge >= 0.3 is 7.41 Å². The van der Waals surface area contributed by atoms with Crippen molar-refractivity contribution in [3.63, 3.8) is 0 Å². The Labute approximate surface area is 42.5 Å². The summed E-state index contributed by atoms with van der Waals surface area (Å²) in [5.74, 6) is 0. The molecule has 1 radical (unpaired) electrons. The van der Waals surface area contributed by atoms with Crippen LogP contribution >= 0.6 is 0 Å². The number of hydrogen-bond acceptors (Lipinski definition) is 3. The second-order valence-corrected chi connectivity index (χ2v) is 1.42. The number of carbonyl (C=O) groups is 1. The Hall–Kier alpha value is -0.345. The zero-order valence-corrected chi connectivity index (χ0v) is 4.05. The fourth-order valence-electron chi connectivity index (χ4n) is 0.443. The first kappa shape index (κ1) is 4.81. The molecule has 3 nitrogen and oxygen atoms in total. The van der Waals surface area contributed by atoms with Gasteiger partial charge in [0, 0.05) is 0 Å². The van der Waals surface area contributed by atoms with Gasteiger partial charge in [0.05, 0.1) is 0 Å². The molecular formula is C3H5BNO2. The monoisotopic (exact) mass is 98.0 g/mol. The molecule has 0 unspecified atom stereocenters. The first-order chi connectivity index (χ1) is 3.29. The number of hydroxylamine groups is 1. The van der Waals surface area contributed by atoms with E-state index >= 15 is 0 Å². The highest BCUT2D eigenvalue weighted by atomic mass is 16.7. The molecule has 1 aliphatic rings. The van der Waals surface area contributed by atoms with E-state index in [1.807, 2.05) is 0 Å². The van der Waals surface area contributed by atoms with Gasteiger partial charge in [0.2, 0.25) is 0 Å². The Morgan fingerprint density at radius 1 is 2.00 bits per heavy atom. The molecule has 1 rings (SSSR count). The smallest absolute Gasteiger partial charge is 0.307 e. The number of hydrogen-bond donors (Lipinski definition) is 0. The predicted molar refractivity (Wildman–Crippen MR) is 24.5 cm³/mol. The van der Waals surface area contributed by atoms with Crippen molar-refractivity contribution in [1.29, 1.82) is 0 Å². The summed E-state index contributed by atoms with van der Waals surface area (Å²) in [6.07, 6.45) is 0. The van der Waals surface area contributed by atoms with Gasteiger partial charge in [0.25, 0.3) is 0 Å². The fraction of sp³-hybridized carbons (Fsp3) is 0.667. The maximum atomic E-state index is 10.2. The summed E-state index contributed by atoms with van der Waals surface area (Å²) in [5, 5.41) is 0. The van der Waals surface area contributed by atoms with Crippen molar-refractivity contribution in [2.75, 3.05) is 13.7 Å². The molecule has 0 aliphatic carbocycles. The van der Waals surface area contributed by atoms with Crippen molar-refractivity contribution in [3.8, 4) is 0 Å². The molecule has 0 N–H and O–H groups in total. The molecule has 0 aromatic rings. The van der Waals surface area contributed by atoms with E-state index < -0.39 is 0 Å². The quantitative estimate of drug-likeness (QED) is 0.364. The van der Waals surface area contributed by atoms with Gasteiger partial charge in [-0.2, -0.15) is 0 Å². The standard InChI is InChI=1S/C3H5BNO2/c1-5-4-3(6)2-7-5/h2H2,1H3. The zero-order valence-electron chi connectivity index (χ0n) is 4.05. The molecule has 0 spiro atoms. The van der Waals surface area contributed by atoms with Crippen molar-refractivity contribution in [2.45, 2.75) is 0 Å². The maximum absolute atomic E-state index is 10.2. The van der Waals surface area contributed by atoms with E-state index in [2.05, 4.69) is 0 Å². The summed E-state index contributed by atoms with van der Waals surface area (Å²) in [7, 11) is 3.10. The van der Waals surface area contributed by atoms with Crippen LogP contribution in [-0.4, -0.2) is 31.7 Å². The number of rotatable bonds is 0.